The fourth-order valence-electron chi connectivity index (χ4n) is 1.81. The third kappa shape index (κ3) is 3.75. The molecule has 0 aromatic carbocycles. The average molecular weight is 296 g/mol. The van der Waals surface area contributed by atoms with Crippen LogP contribution in [0.15, 0.2) is 17.8 Å². The Morgan fingerprint density at radius 3 is 2.74 bits per heavy atom. The zero-order chi connectivity index (χ0) is 13.7. The molecule has 0 amide bonds. The summed E-state index contributed by atoms with van der Waals surface area (Å²) in [5.74, 6) is 0. The first-order chi connectivity index (χ1) is 9.24. The lowest BCUT2D eigenvalue weighted by Gasteiger charge is -2.16. The van der Waals surface area contributed by atoms with Gasteiger partial charge < -0.3 is 10.2 Å². The molecule has 104 valence electrons. The van der Waals surface area contributed by atoms with E-state index in [-0.39, 0.29) is 0 Å². The number of hydrogen-bond donors (Lipinski definition) is 1. The zero-order valence-corrected chi connectivity index (χ0v) is 13.2. The molecule has 0 spiro atoms. The molecule has 0 aliphatic carbocycles. The number of hydrogen-bond acceptors (Lipinski definition) is 6. The van der Waals surface area contributed by atoms with Crippen LogP contribution in [-0.4, -0.2) is 23.1 Å². The van der Waals surface area contributed by atoms with E-state index < -0.39 is 0 Å². The molecule has 19 heavy (non-hydrogen) atoms. The first-order valence-electron chi connectivity index (χ1n) is 6.57. The molecule has 4 nitrogen and oxygen atoms in total. The van der Waals surface area contributed by atoms with Crippen molar-refractivity contribution in [1.29, 1.82) is 0 Å². The maximum absolute atomic E-state index is 4.49. The van der Waals surface area contributed by atoms with Crippen LogP contribution in [0, 0.1) is 0 Å². The highest BCUT2D eigenvalue weighted by Crippen LogP contribution is 2.23. The van der Waals surface area contributed by atoms with Crippen molar-refractivity contribution in [3.8, 4) is 0 Å². The summed E-state index contributed by atoms with van der Waals surface area (Å²) in [6.07, 6.45) is 3.82. The lowest BCUT2D eigenvalue weighted by Crippen LogP contribution is -2.21. The van der Waals surface area contributed by atoms with E-state index in [4.69, 9.17) is 0 Å². The molecule has 0 aliphatic heterocycles. The Bertz CT molecular complexity index is 477. The standard InChI is InChI=1S/C13H20N4S2/c1-4-17(5-2)13-16-9-11(19-13)8-15-10(3)12-14-6-7-18-12/h6-7,9-10,15H,4-5,8H2,1-3H3. The van der Waals surface area contributed by atoms with Gasteiger partial charge in [-0.2, -0.15) is 0 Å². The Hall–Kier alpha value is -0.980. The van der Waals surface area contributed by atoms with E-state index in [2.05, 4.69) is 41.0 Å². The predicted molar refractivity (Wildman–Crippen MR) is 83.0 cm³/mol. The van der Waals surface area contributed by atoms with E-state index in [1.165, 1.54) is 4.88 Å². The summed E-state index contributed by atoms with van der Waals surface area (Å²) in [4.78, 5) is 12.4. The fraction of sp³-hybridized carbons (Fsp3) is 0.538. The SMILES string of the molecule is CCN(CC)c1ncc(CNC(C)c2nccs2)s1. The molecule has 6 heteroatoms. The summed E-state index contributed by atoms with van der Waals surface area (Å²) in [5, 5.41) is 7.75. The van der Waals surface area contributed by atoms with Gasteiger partial charge in [-0.25, -0.2) is 9.97 Å². The molecular formula is C13H20N4S2. The molecule has 2 aromatic rings. The Labute approximate surface area is 122 Å². The normalized spacial score (nSPS) is 12.6. The summed E-state index contributed by atoms with van der Waals surface area (Å²) >= 11 is 3.45. The van der Waals surface area contributed by atoms with Crippen molar-refractivity contribution < 1.29 is 0 Å². The first kappa shape index (κ1) is 14.4. The highest BCUT2D eigenvalue weighted by atomic mass is 32.1. The molecule has 2 aromatic heterocycles. The summed E-state index contributed by atoms with van der Waals surface area (Å²) < 4.78 is 0. The lowest BCUT2D eigenvalue weighted by molar-refractivity contribution is 0.575. The summed E-state index contributed by atoms with van der Waals surface area (Å²) in [6.45, 7) is 9.32. The molecular weight excluding hydrogens is 276 g/mol. The molecule has 2 rings (SSSR count). The molecule has 0 saturated carbocycles. The van der Waals surface area contributed by atoms with Gasteiger partial charge >= 0.3 is 0 Å². The Morgan fingerprint density at radius 2 is 2.11 bits per heavy atom. The van der Waals surface area contributed by atoms with Gasteiger partial charge in [0.25, 0.3) is 0 Å². The van der Waals surface area contributed by atoms with E-state index in [0.717, 1.165) is 29.8 Å². The minimum absolute atomic E-state index is 0.291. The first-order valence-corrected chi connectivity index (χ1v) is 8.26. The van der Waals surface area contributed by atoms with Crippen molar-refractivity contribution in [2.24, 2.45) is 0 Å². The summed E-state index contributed by atoms with van der Waals surface area (Å²) in [5.41, 5.74) is 0. The van der Waals surface area contributed by atoms with Gasteiger partial charge in [0.15, 0.2) is 5.13 Å². The Morgan fingerprint density at radius 1 is 1.32 bits per heavy atom. The van der Waals surface area contributed by atoms with Gasteiger partial charge in [0.1, 0.15) is 5.01 Å². The number of nitrogens with zero attached hydrogens (tertiary/aromatic N) is 3. The van der Waals surface area contributed by atoms with Crippen LogP contribution in [0.5, 0.6) is 0 Å². The maximum Gasteiger partial charge on any atom is 0.185 e. The summed E-state index contributed by atoms with van der Waals surface area (Å²) in [7, 11) is 0. The maximum atomic E-state index is 4.49. The van der Waals surface area contributed by atoms with Crippen LogP contribution in [0.25, 0.3) is 0 Å². The molecule has 0 fully saturated rings. The summed E-state index contributed by atoms with van der Waals surface area (Å²) in [6, 6.07) is 0.291. The van der Waals surface area contributed by atoms with E-state index >= 15 is 0 Å². The monoisotopic (exact) mass is 296 g/mol. The van der Waals surface area contributed by atoms with Gasteiger partial charge in [-0.15, -0.1) is 22.7 Å². The molecule has 1 atom stereocenters. The van der Waals surface area contributed by atoms with Crippen molar-refractivity contribution in [3.63, 3.8) is 0 Å². The molecule has 0 saturated heterocycles. The molecule has 0 radical (unpaired) electrons. The molecule has 1 N–H and O–H groups in total. The van der Waals surface area contributed by atoms with E-state index in [9.17, 15) is 0 Å². The van der Waals surface area contributed by atoms with E-state index in [1.54, 1.807) is 22.7 Å². The third-order valence-corrected chi connectivity index (χ3v) is 5.00. The van der Waals surface area contributed by atoms with Crippen LogP contribution in [0.2, 0.25) is 0 Å². The largest absolute Gasteiger partial charge is 0.349 e. The van der Waals surface area contributed by atoms with E-state index in [0.29, 0.717) is 6.04 Å². The van der Waals surface area contributed by atoms with Gasteiger partial charge in [0.2, 0.25) is 0 Å². The van der Waals surface area contributed by atoms with Crippen molar-refractivity contribution in [3.05, 3.63) is 27.7 Å². The second kappa shape index (κ2) is 6.98. The van der Waals surface area contributed by atoms with Crippen LogP contribution < -0.4 is 10.2 Å². The van der Waals surface area contributed by atoms with Crippen LogP contribution in [0.4, 0.5) is 5.13 Å². The van der Waals surface area contributed by atoms with Crippen molar-refractivity contribution >= 4 is 27.8 Å². The highest BCUT2D eigenvalue weighted by molar-refractivity contribution is 7.15. The number of nitrogens with one attached hydrogen (secondary N) is 1. The minimum atomic E-state index is 0.291. The van der Waals surface area contributed by atoms with Crippen molar-refractivity contribution in [2.75, 3.05) is 18.0 Å². The quantitative estimate of drug-likeness (QED) is 0.851. The highest BCUT2D eigenvalue weighted by Gasteiger charge is 2.10. The molecule has 2 heterocycles. The van der Waals surface area contributed by atoms with Gasteiger partial charge in [-0.05, 0) is 20.8 Å². The Kier molecular flexibility index (Phi) is 5.30. The number of aromatic nitrogens is 2. The smallest absolute Gasteiger partial charge is 0.185 e. The predicted octanol–water partition coefficient (Wildman–Crippen LogP) is 3.30. The van der Waals surface area contributed by atoms with Crippen molar-refractivity contribution in [2.45, 2.75) is 33.4 Å². The third-order valence-electron chi connectivity index (χ3n) is 2.98. The number of anilines is 1. The van der Waals surface area contributed by atoms with Gasteiger partial charge in [-0.3, -0.25) is 0 Å². The molecule has 0 aliphatic rings. The second-order valence-electron chi connectivity index (χ2n) is 4.25. The average Bonchev–Trinajstić information content (AvgIpc) is 3.09. The Balaban J connectivity index is 1.90. The molecule has 1 unspecified atom stereocenters. The lowest BCUT2D eigenvalue weighted by atomic mass is 10.3. The van der Waals surface area contributed by atoms with Gasteiger partial charge in [0, 0.05) is 42.3 Å². The van der Waals surface area contributed by atoms with Crippen LogP contribution >= 0.6 is 22.7 Å². The van der Waals surface area contributed by atoms with Crippen LogP contribution in [0.1, 0.15) is 36.7 Å². The second-order valence-corrected chi connectivity index (χ2v) is 6.27. The minimum Gasteiger partial charge on any atom is -0.349 e. The van der Waals surface area contributed by atoms with Gasteiger partial charge in [0.05, 0.1) is 6.04 Å². The van der Waals surface area contributed by atoms with Gasteiger partial charge in [-0.1, -0.05) is 0 Å². The van der Waals surface area contributed by atoms with Crippen LogP contribution in [-0.2, 0) is 6.54 Å². The van der Waals surface area contributed by atoms with Crippen LogP contribution in [0.3, 0.4) is 0 Å². The number of rotatable bonds is 7. The zero-order valence-electron chi connectivity index (χ0n) is 11.6. The number of thiazole rings is 2. The molecule has 0 bridgehead atoms. The van der Waals surface area contributed by atoms with E-state index in [1.807, 2.05) is 17.8 Å². The van der Waals surface area contributed by atoms with Crippen molar-refractivity contribution in [1.82, 2.24) is 15.3 Å². The fourth-order valence-corrected chi connectivity index (χ4v) is 3.47. The topological polar surface area (TPSA) is 41.1 Å².